The first-order chi connectivity index (χ1) is 14.2. The van der Waals surface area contributed by atoms with Gasteiger partial charge in [-0.2, -0.15) is 0 Å². The number of likely N-dealkylation sites (tertiary alicyclic amines) is 1. The fraction of sp³-hybridized carbons (Fsp3) is 0.550. The zero-order valence-electron chi connectivity index (χ0n) is 16.6. The zero-order valence-corrected chi connectivity index (χ0v) is 18.2. The molecular formula is C20H26N4O3S2. The van der Waals surface area contributed by atoms with Crippen LogP contribution in [0, 0.1) is 0 Å². The largest absolute Gasteiger partial charge is 0.490 e. The number of hydrogen-bond donors (Lipinski definition) is 1. The second-order valence-electron chi connectivity index (χ2n) is 7.09. The molecule has 1 amide bonds. The van der Waals surface area contributed by atoms with Gasteiger partial charge in [0.2, 0.25) is 11.0 Å². The molecule has 1 unspecified atom stereocenters. The summed E-state index contributed by atoms with van der Waals surface area (Å²) in [6.45, 7) is 5.12. The second kappa shape index (κ2) is 9.67. The standard InChI is InChI=1S/C20H26N4O3S2/c1-2-8-21-19-22-23-20(29-19)28-13-18(25)24-9-3-5-15(24)14-6-7-16-17(12-14)27-11-4-10-26-16/h6-7,12,15H,2-5,8-11,13H2,1H3,(H,21,22). The van der Waals surface area contributed by atoms with E-state index in [0.717, 1.165) is 65.3 Å². The van der Waals surface area contributed by atoms with E-state index in [1.165, 1.54) is 23.1 Å². The van der Waals surface area contributed by atoms with E-state index in [-0.39, 0.29) is 11.9 Å². The lowest BCUT2D eigenvalue weighted by atomic mass is 10.0. The topological polar surface area (TPSA) is 76.6 Å². The molecule has 1 N–H and O–H groups in total. The van der Waals surface area contributed by atoms with Crippen LogP contribution >= 0.6 is 23.1 Å². The number of nitrogens with one attached hydrogen (secondary N) is 1. The van der Waals surface area contributed by atoms with E-state index in [2.05, 4.69) is 28.5 Å². The first kappa shape index (κ1) is 20.3. The van der Waals surface area contributed by atoms with Crippen molar-refractivity contribution in [3.05, 3.63) is 23.8 Å². The quantitative estimate of drug-likeness (QED) is 0.661. The summed E-state index contributed by atoms with van der Waals surface area (Å²) in [5.74, 6) is 2.10. The number of carbonyl (C=O) groups is 1. The van der Waals surface area contributed by atoms with Gasteiger partial charge in [0, 0.05) is 19.5 Å². The van der Waals surface area contributed by atoms with E-state index in [9.17, 15) is 4.79 Å². The van der Waals surface area contributed by atoms with E-state index in [0.29, 0.717) is 19.0 Å². The highest BCUT2D eigenvalue weighted by atomic mass is 32.2. The van der Waals surface area contributed by atoms with Crippen molar-refractivity contribution in [2.75, 3.05) is 37.4 Å². The summed E-state index contributed by atoms with van der Waals surface area (Å²) in [6.07, 6.45) is 3.91. The Morgan fingerprint density at radius 3 is 3.00 bits per heavy atom. The van der Waals surface area contributed by atoms with Crippen LogP contribution in [0.4, 0.5) is 5.13 Å². The molecule has 0 spiro atoms. The number of anilines is 1. The summed E-state index contributed by atoms with van der Waals surface area (Å²) in [5, 5.41) is 12.3. The van der Waals surface area contributed by atoms with Crippen molar-refractivity contribution >= 4 is 34.1 Å². The van der Waals surface area contributed by atoms with Crippen LogP contribution in [0.25, 0.3) is 0 Å². The summed E-state index contributed by atoms with van der Waals surface area (Å²) < 4.78 is 12.4. The van der Waals surface area contributed by atoms with Gasteiger partial charge in [0.05, 0.1) is 25.0 Å². The zero-order chi connectivity index (χ0) is 20.1. The van der Waals surface area contributed by atoms with Crippen molar-refractivity contribution in [2.24, 2.45) is 0 Å². The van der Waals surface area contributed by atoms with Crippen molar-refractivity contribution in [2.45, 2.75) is 43.0 Å². The van der Waals surface area contributed by atoms with Crippen molar-refractivity contribution in [1.82, 2.24) is 15.1 Å². The molecule has 0 radical (unpaired) electrons. The lowest BCUT2D eigenvalue weighted by molar-refractivity contribution is -0.129. The Morgan fingerprint density at radius 2 is 2.14 bits per heavy atom. The minimum Gasteiger partial charge on any atom is -0.490 e. The van der Waals surface area contributed by atoms with Gasteiger partial charge >= 0.3 is 0 Å². The third-order valence-corrected chi connectivity index (χ3v) is 6.98. The minimum absolute atomic E-state index is 0.0939. The third-order valence-electron chi connectivity index (χ3n) is 4.98. The molecule has 0 bridgehead atoms. The third kappa shape index (κ3) is 4.95. The van der Waals surface area contributed by atoms with Gasteiger partial charge in [0.25, 0.3) is 0 Å². The molecular weight excluding hydrogens is 408 g/mol. The van der Waals surface area contributed by atoms with Crippen molar-refractivity contribution < 1.29 is 14.3 Å². The maximum absolute atomic E-state index is 12.9. The molecule has 2 aliphatic rings. The smallest absolute Gasteiger partial charge is 0.233 e. The second-order valence-corrected chi connectivity index (χ2v) is 9.29. The minimum atomic E-state index is 0.0939. The number of carbonyl (C=O) groups excluding carboxylic acids is 1. The van der Waals surface area contributed by atoms with Gasteiger partial charge in [-0.1, -0.05) is 36.1 Å². The summed E-state index contributed by atoms with van der Waals surface area (Å²) in [4.78, 5) is 14.9. The molecule has 156 valence electrons. The highest BCUT2D eigenvalue weighted by molar-refractivity contribution is 8.01. The highest BCUT2D eigenvalue weighted by Crippen LogP contribution is 2.38. The van der Waals surface area contributed by atoms with Crippen LogP contribution in [-0.2, 0) is 4.79 Å². The Bertz CT molecular complexity index is 845. The van der Waals surface area contributed by atoms with E-state index in [1.54, 1.807) is 0 Å². The van der Waals surface area contributed by atoms with Crippen LogP contribution in [0.15, 0.2) is 22.5 Å². The number of ether oxygens (including phenoxy) is 2. The Morgan fingerprint density at radius 1 is 1.28 bits per heavy atom. The van der Waals surface area contributed by atoms with Gasteiger partial charge in [-0.15, -0.1) is 10.2 Å². The van der Waals surface area contributed by atoms with Crippen LogP contribution in [-0.4, -0.2) is 53.1 Å². The van der Waals surface area contributed by atoms with Gasteiger partial charge in [-0.3, -0.25) is 4.79 Å². The Labute approximate surface area is 179 Å². The SMILES string of the molecule is CCCNc1nnc(SCC(=O)N2CCCC2c2ccc3c(c2)OCCCO3)s1. The number of fused-ring (bicyclic) bond motifs is 1. The molecule has 9 heteroatoms. The molecule has 0 aliphatic carbocycles. The molecule has 3 heterocycles. The molecule has 1 aromatic heterocycles. The number of amides is 1. The summed E-state index contributed by atoms with van der Waals surface area (Å²) >= 11 is 2.96. The van der Waals surface area contributed by atoms with E-state index in [1.807, 2.05) is 17.0 Å². The van der Waals surface area contributed by atoms with Crippen LogP contribution in [0.3, 0.4) is 0 Å². The predicted octanol–water partition coefficient (Wildman–Crippen LogP) is 3.98. The number of thioether (sulfide) groups is 1. The Balaban J connectivity index is 1.38. The van der Waals surface area contributed by atoms with Gasteiger partial charge in [-0.05, 0) is 37.0 Å². The summed E-state index contributed by atoms with van der Waals surface area (Å²) in [5.41, 5.74) is 1.12. The molecule has 7 nitrogen and oxygen atoms in total. The van der Waals surface area contributed by atoms with Gasteiger partial charge in [-0.25, -0.2) is 0 Å². The molecule has 1 saturated heterocycles. The number of nitrogens with zero attached hydrogens (tertiary/aromatic N) is 3. The maximum atomic E-state index is 12.9. The monoisotopic (exact) mass is 434 g/mol. The van der Waals surface area contributed by atoms with Crippen LogP contribution in [0.2, 0.25) is 0 Å². The normalized spacial score (nSPS) is 18.5. The molecule has 29 heavy (non-hydrogen) atoms. The van der Waals surface area contributed by atoms with Crippen molar-refractivity contribution in [3.8, 4) is 11.5 Å². The van der Waals surface area contributed by atoms with Gasteiger partial charge < -0.3 is 19.7 Å². The average molecular weight is 435 g/mol. The van der Waals surface area contributed by atoms with Crippen LogP contribution < -0.4 is 14.8 Å². The lowest BCUT2D eigenvalue weighted by Crippen LogP contribution is -2.32. The van der Waals surface area contributed by atoms with Gasteiger partial charge in [0.15, 0.2) is 15.8 Å². The van der Waals surface area contributed by atoms with Gasteiger partial charge in [0.1, 0.15) is 0 Å². The first-order valence-electron chi connectivity index (χ1n) is 10.1. The Hall–Kier alpha value is -2.00. The number of rotatable bonds is 7. The van der Waals surface area contributed by atoms with Crippen molar-refractivity contribution in [1.29, 1.82) is 0 Å². The number of hydrogen-bond acceptors (Lipinski definition) is 8. The highest BCUT2D eigenvalue weighted by Gasteiger charge is 2.30. The lowest BCUT2D eigenvalue weighted by Gasteiger charge is -2.25. The maximum Gasteiger partial charge on any atom is 0.233 e. The summed E-state index contributed by atoms with van der Waals surface area (Å²) in [6, 6.07) is 6.17. The predicted molar refractivity (Wildman–Crippen MR) is 115 cm³/mol. The van der Waals surface area contributed by atoms with E-state index < -0.39 is 0 Å². The molecule has 1 fully saturated rings. The number of benzene rings is 1. The molecule has 2 aliphatic heterocycles. The fourth-order valence-corrected chi connectivity index (χ4v) is 5.24. The van der Waals surface area contributed by atoms with Crippen molar-refractivity contribution in [3.63, 3.8) is 0 Å². The van der Waals surface area contributed by atoms with E-state index in [4.69, 9.17) is 9.47 Å². The van der Waals surface area contributed by atoms with Crippen LogP contribution in [0.1, 0.15) is 44.2 Å². The first-order valence-corrected chi connectivity index (χ1v) is 11.9. The van der Waals surface area contributed by atoms with E-state index >= 15 is 0 Å². The molecule has 4 rings (SSSR count). The molecule has 2 aromatic rings. The number of aromatic nitrogens is 2. The van der Waals surface area contributed by atoms with Crippen LogP contribution in [0.5, 0.6) is 11.5 Å². The summed E-state index contributed by atoms with van der Waals surface area (Å²) in [7, 11) is 0. The fourth-order valence-electron chi connectivity index (χ4n) is 3.58. The Kier molecular flexibility index (Phi) is 6.76. The molecule has 0 saturated carbocycles. The molecule has 1 aromatic carbocycles. The average Bonchev–Trinajstić information content (AvgIpc) is 3.35. The molecule has 1 atom stereocenters.